The maximum absolute atomic E-state index is 10.1. The SMILES string of the molecule is CC(=O)NP(C)(O)(O)O. The average molecular weight is 155 g/mol. The zero-order valence-corrected chi connectivity index (χ0v) is 6.09. The Bertz CT molecular complexity index is 127. The third-order valence-electron chi connectivity index (χ3n) is 0.419. The summed E-state index contributed by atoms with van der Waals surface area (Å²) in [5, 5.41) is 1.62. The zero-order valence-electron chi connectivity index (χ0n) is 5.20. The Balaban J connectivity index is 4.05. The fraction of sp³-hybridized carbons (Fsp3) is 0.667. The molecule has 0 aromatic rings. The second-order valence-corrected chi connectivity index (χ2v) is 5.07. The van der Waals surface area contributed by atoms with Gasteiger partial charge in [0.25, 0.3) is 0 Å². The van der Waals surface area contributed by atoms with Gasteiger partial charge in [0, 0.05) is 0 Å². The molecule has 0 unspecified atom stereocenters. The Morgan fingerprint density at radius 3 is 1.78 bits per heavy atom. The van der Waals surface area contributed by atoms with Crippen molar-refractivity contribution in [1.29, 1.82) is 0 Å². The van der Waals surface area contributed by atoms with Gasteiger partial charge in [-0.15, -0.1) is 0 Å². The molecule has 0 heterocycles. The van der Waals surface area contributed by atoms with Crippen LogP contribution in [0.5, 0.6) is 0 Å². The van der Waals surface area contributed by atoms with E-state index >= 15 is 0 Å². The van der Waals surface area contributed by atoms with E-state index in [2.05, 4.69) is 0 Å². The van der Waals surface area contributed by atoms with Gasteiger partial charge in [-0.2, -0.15) is 0 Å². The van der Waals surface area contributed by atoms with Gasteiger partial charge in [-0.05, 0) is 0 Å². The van der Waals surface area contributed by atoms with Crippen LogP contribution in [0, 0.1) is 0 Å². The van der Waals surface area contributed by atoms with Gasteiger partial charge < -0.3 is 0 Å². The second kappa shape index (κ2) is 1.88. The Kier molecular flexibility index (Phi) is 1.84. The van der Waals surface area contributed by atoms with Crippen LogP contribution in [0.25, 0.3) is 0 Å². The van der Waals surface area contributed by atoms with E-state index in [0.717, 1.165) is 13.6 Å². The van der Waals surface area contributed by atoms with Crippen molar-refractivity contribution in [2.45, 2.75) is 6.92 Å². The molecule has 6 heteroatoms. The van der Waals surface area contributed by atoms with Crippen molar-refractivity contribution in [2.75, 3.05) is 6.66 Å². The van der Waals surface area contributed by atoms with Crippen molar-refractivity contribution in [2.24, 2.45) is 0 Å². The fourth-order valence-electron chi connectivity index (χ4n) is 0.369. The molecule has 0 saturated heterocycles. The molecule has 0 aromatic carbocycles. The van der Waals surface area contributed by atoms with E-state index in [-0.39, 0.29) is 0 Å². The van der Waals surface area contributed by atoms with Crippen molar-refractivity contribution < 1.29 is 19.5 Å². The third-order valence-corrected chi connectivity index (χ3v) is 1.26. The first-order valence-electron chi connectivity index (χ1n) is 2.22. The average Bonchev–Trinajstić information content (AvgIpc) is 1.16. The fourth-order valence-corrected chi connectivity index (χ4v) is 1.11. The van der Waals surface area contributed by atoms with E-state index in [1.54, 1.807) is 5.09 Å². The van der Waals surface area contributed by atoms with E-state index in [4.69, 9.17) is 14.7 Å². The van der Waals surface area contributed by atoms with Crippen molar-refractivity contribution in [3.8, 4) is 0 Å². The second-order valence-electron chi connectivity index (χ2n) is 2.06. The summed E-state index contributed by atoms with van der Waals surface area (Å²) in [6.07, 6.45) is 0. The van der Waals surface area contributed by atoms with Crippen molar-refractivity contribution in [1.82, 2.24) is 5.09 Å². The summed E-state index contributed by atoms with van der Waals surface area (Å²) in [6, 6.07) is 0. The van der Waals surface area contributed by atoms with E-state index < -0.39 is 13.3 Å². The molecule has 0 atom stereocenters. The molecule has 0 aliphatic heterocycles. The number of nitrogens with one attached hydrogen (secondary N) is 1. The van der Waals surface area contributed by atoms with Crippen LogP contribution < -0.4 is 5.09 Å². The van der Waals surface area contributed by atoms with Crippen molar-refractivity contribution >= 4 is 13.3 Å². The normalized spacial score (nSPS) is 15.9. The first kappa shape index (κ1) is 8.78. The van der Waals surface area contributed by atoms with Crippen LogP contribution in [0.15, 0.2) is 0 Å². The van der Waals surface area contributed by atoms with Gasteiger partial charge in [-0.3, -0.25) is 0 Å². The van der Waals surface area contributed by atoms with Crippen LogP contribution in [0.3, 0.4) is 0 Å². The Hall–Kier alpha value is -0.220. The minimum absolute atomic E-state index is 0.678. The van der Waals surface area contributed by atoms with E-state index in [9.17, 15) is 4.79 Å². The number of hydrogen-bond acceptors (Lipinski definition) is 4. The standard InChI is InChI=1S/C3H10NO4P/c1-3(5)4-9(2,6,7)8/h6-8H,1-2H3,(H,4,5). The molecule has 1 amide bonds. The summed E-state index contributed by atoms with van der Waals surface area (Å²) < 4.78 is 0. The molecular weight excluding hydrogens is 145 g/mol. The molecular formula is C3H10NO4P. The van der Waals surface area contributed by atoms with E-state index in [1.807, 2.05) is 0 Å². The molecule has 0 radical (unpaired) electrons. The Morgan fingerprint density at radius 1 is 1.44 bits per heavy atom. The third kappa shape index (κ3) is 7.78. The quantitative estimate of drug-likeness (QED) is 0.363. The molecule has 0 spiro atoms. The predicted molar refractivity (Wildman–Crippen MR) is 33.3 cm³/mol. The van der Waals surface area contributed by atoms with Gasteiger partial charge in [0.2, 0.25) is 0 Å². The van der Waals surface area contributed by atoms with Crippen molar-refractivity contribution in [3.05, 3.63) is 0 Å². The van der Waals surface area contributed by atoms with E-state index in [0.29, 0.717) is 0 Å². The summed E-state index contributed by atoms with van der Waals surface area (Å²) in [5.74, 6) is -0.678. The van der Waals surface area contributed by atoms with Crippen LogP contribution in [-0.4, -0.2) is 27.3 Å². The van der Waals surface area contributed by atoms with Gasteiger partial charge in [0.05, 0.1) is 0 Å². The van der Waals surface area contributed by atoms with E-state index in [1.165, 1.54) is 0 Å². The van der Waals surface area contributed by atoms with Crippen LogP contribution in [0.1, 0.15) is 6.92 Å². The monoisotopic (exact) mass is 155 g/mol. The molecule has 0 saturated carbocycles. The summed E-state index contributed by atoms with van der Waals surface area (Å²) in [4.78, 5) is 35.8. The van der Waals surface area contributed by atoms with Gasteiger partial charge in [0.1, 0.15) is 0 Å². The number of carbonyl (C=O) groups is 1. The topological polar surface area (TPSA) is 89.8 Å². The van der Waals surface area contributed by atoms with Gasteiger partial charge in [0.15, 0.2) is 0 Å². The number of rotatable bonds is 1. The molecule has 0 aliphatic rings. The van der Waals surface area contributed by atoms with Crippen LogP contribution in [0.2, 0.25) is 0 Å². The van der Waals surface area contributed by atoms with Gasteiger partial charge in [-0.25, -0.2) is 0 Å². The molecule has 0 aromatic heterocycles. The maximum atomic E-state index is 10.1. The van der Waals surface area contributed by atoms with Crippen LogP contribution in [0.4, 0.5) is 0 Å². The van der Waals surface area contributed by atoms with Crippen LogP contribution >= 0.6 is 7.43 Å². The summed E-state index contributed by atoms with van der Waals surface area (Å²) in [6.45, 7) is 1.85. The number of hydrogen-bond donors (Lipinski definition) is 4. The Labute approximate surface area is 52.5 Å². The van der Waals surface area contributed by atoms with Gasteiger partial charge >= 0.3 is 51.5 Å². The number of carbonyl (C=O) groups excluding carboxylic acids is 1. The zero-order chi connectivity index (χ0) is 7.73. The van der Waals surface area contributed by atoms with Gasteiger partial charge in [-0.1, -0.05) is 0 Å². The summed E-state index contributed by atoms with van der Waals surface area (Å²) in [5.41, 5.74) is 0. The molecule has 5 nitrogen and oxygen atoms in total. The summed E-state index contributed by atoms with van der Waals surface area (Å²) >= 11 is 0. The minimum atomic E-state index is -4.77. The summed E-state index contributed by atoms with van der Waals surface area (Å²) in [7, 11) is -4.77. The molecule has 0 rings (SSSR count). The molecule has 9 heavy (non-hydrogen) atoms. The first-order chi connectivity index (χ1) is 3.67. The van der Waals surface area contributed by atoms with Crippen LogP contribution in [-0.2, 0) is 4.79 Å². The molecule has 0 aliphatic carbocycles. The first-order valence-corrected chi connectivity index (χ1v) is 4.77. The molecule has 0 fully saturated rings. The Morgan fingerprint density at radius 2 is 1.78 bits per heavy atom. The molecule has 0 bridgehead atoms. The molecule has 4 N–H and O–H groups in total. The number of amides is 1. The molecule has 56 valence electrons. The van der Waals surface area contributed by atoms with Crippen molar-refractivity contribution in [3.63, 3.8) is 0 Å². The predicted octanol–water partition coefficient (Wildman–Crippen LogP) is -1.06.